The number of hydrogen-bond donors (Lipinski definition) is 6. The highest BCUT2D eigenvalue weighted by Crippen LogP contribution is 2.23. The van der Waals surface area contributed by atoms with Crippen molar-refractivity contribution in [3.8, 4) is 0 Å². The van der Waals surface area contributed by atoms with Gasteiger partial charge in [0.25, 0.3) is 0 Å². The molecule has 0 radical (unpaired) electrons. The molecule has 5 atom stereocenters. The lowest BCUT2D eigenvalue weighted by Gasteiger charge is -2.35. The molecule has 0 saturated heterocycles. The maximum Gasteiger partial charge on any atom is 0.115 e. The first kappa shape index (κ1) is 17.8. The van der Waals surface area contributed by atoms with E-state index in [0.29, 0.717) is 5.56 Å². The quantitative estimate of drug-likeness (QED) is 0.328. The van der Waals surface area contributed by atoms with Crippen LogP contribution in [0.25, 0.3) is 0 Å². The smallest absolute Gasteiger partial charge is 0.115 e. The summed E-state index contributed by atoms with van der Waals surface area (Å²) in [6.07, 6.45) is -6.01. The van der Waals surface area contributed by atoms with Gasteiger partial charge in [0.05, 0.1) is 6.61 Å². The standard InChI is InChI=1S/C15H22O6/c1-2-15(21,8-10-6-4-3-5-7-10)14(20)13(19)12(18)11(17)9-16/h2-7,11-14,16-21H,1,8-9H2/t11-,12-,13+,14-,15?/m1/s1. The van der Waals surface area contributed by atoms with Crippen molar-refractivity contribution in [1.82, 2.24) is 0 Å². The number of hydrogen-bond acceptors (Lipinski definition) is 6. The number of aliphatic hydroxyl groups excluding tert-OH is 5. The monoisotopic (exact) mass is 298 g/mol. The highest BCUT2D eigenvalue weighted by molar-refractivity contribution is 5.21. The van der Waals surface area contributed by atoms with Gasteiger partial charge >= 0.3 is 0 Å². The highest BCUT2D eigenvalue weighted by Gasteiger charge is 2.42. The van der Waals surface area contributed by atoms with Crippen LogP contribution in [-0.2, 0) is 6.42 Å². The fraction of sp³-hybridized carbons (Fsp3) is 0.467. The van der Waals surface area contributed by atoms with Gasteiger partial charge in [-0.05, 0) is 5.56 Å². The zero-order valence-electron chi connectivity index (χ0n) is 11.6. The molecule has 0 bridgehead atoms. The number of benzene rings is 1. The largest absolute Gasteiger partial charge is 0.394 e. The van der Waals surface area contributed by atoms with E-state index < -0.39 is 36.6 Å². The molecule has 1 unspecified atom stereocenters. The van der Waals surface area contributed by atoms with Crippen LogP contribution in [0, 0.1) is 0 Å². The fourth-order valence-electron chi connectivity index (χ4n) is 2.04. The average molecular weight is 298 g/mol. The Hall–Kier alpha value is -1.28. The summed E-state index contributed by atoms with van der Waals surface area (Å²) in [5.74, 6) is 0. The lowest BCUT2D eigenvalue weighted by Crippen LogP contribution is -2.56. The molecule has 0 heterocycles. The first-order chi connectivity index (χ1) is 9.85. The van der Waals surface area contributed by atoms with Crippen LogP contribution in [0.15, 0.2) is 43.0 Å². The van der Waals surface area contributed by atoms with Crippen molar-refractivity contribution in [2.24, 2.45) is 0 Å². The Kier molecular flexibility index (Phi) is 6.47. The van der Waals surface area contributed by atoms with Gasteiger partial charge in [-0.3, -0.25) is 0 Å². The Morgan fingerprint density at radius 1 is 1.05 bits per heavy atom. The molecule has 0 aliphatic heterocycles. The summed E-state index contributed by atoms with van der Waals surface area (Å²) in [6.45, 7) is 2.66. The van der Waals surface area contributed by atoms with E-state index in [-0.39, 0.29) is 6.42 Å². The molecule has 0 amide bonds. The minimum Gasteiger partial charge on any atom is -0.394 e. The minimum atomic E-state index is -1.89. The Balaban J connectivity index is 2.88. The molecule has 1 rings (SSSR count). The van der Waals surface area contributed by atoms with Crippen LogP contribution in [0.5, 0.6) is 0 Å². The average Bonchev–Trinajstić information content (AvgIpc) is 2.52. The second-order valence-corrected chi connectivity index (χ2v) is 5.03. The molecular formula is C15H22O6. The van der Waals surface area contributed by atoms with Crippen molar-refractivity contribution < 1.29 is 30.6 Å². The van der Waals surface area contributed by atoms with Gasteiger partial charge in [-0.15, -0.1) is 6.58 Å². The summed E-state index contributed by atoms with van der Waals surface area (Å²) in [5, 5.41) is 58.0. The molecular weight excluding hydrogens is 276 g/mol. The first-order valence-corrected chi connectivity index (χ1v) is 6.58. The molecule has 0 spiro atoms. The van der Waals surface area contributed by atoms with Gasteiger partial charge in [-0.2, -0.15) is 0 Å². The molecule has 0 aromatic heterocycles. The van der Waals surface area contributed by atoms with Gasteiger partial charge in [0.2, 0.25) is 0 Å². The maximum absolute atomic E-state index is 10.4. The molecule has 118 valence electrons. The summed E-state index contributed by atoms with van der Waals surface area (Å²) in [5.41, 5.74) is -1.19. The van der Waals surface area contributed by atoms with Gasteiger partial charge in [0.1, 0.15) is 30.0 Å². The van der Waals surface area contributed by atoms with Crippen molar-refractivity contribution >= 4 is 0 Å². The molecule has 0 aliphatic carbocycles. The molecule has 6 nitrogen and oxygen atoms in total. The third-order valence-electron chi connectivity index (χ3n) is 3.45. The number of rotatable bonds is 8. The molecule has 0 aliphatic rings. The van der Waals surface area contributed by atoms with Crippen molar-refractivity contribution in [2.45, 2.75) is 36.4 Å². The third kappa shape index (κ3) is 4.34. The third-order valence-corrected chi connectivity index (χ3v) is 3.45. The van der Waals surface area contributed by atoms with Crippen LogP contribution in [0.4, 0.5) is 0 Å². The molecule has 21 heavy (non-hydrogen) atoms. The predicted octanol–water partition coefficient (Wildman–Crippen LogP) is -1.42. The minimum absolute atomic E-state index is 0.0303. The van der Waals surface area contributed by atoms with Crippen LogP contribution in [-0.4, -0.2) is 67.3 Å². The molecule has 6 N–H and O–H groups in total. The number of aliphatic hydroxyl groups is 6. The van der Waals surface area contributed by atoms with E-state index in [1.807, 2.05) is 0 Å². The van der Waals surface area contributed by atoms with E-state index in [1.54, 1.807) is 30.3 Å². The van der Waals surface area contributed by atoms with Crippen LogP contribution in [0.2, 0.25) is 0 Å². The Morgan fingerprint density at radius 2 is 1.62 bits per heavy atom. The lowest BCUT2D eigenvalue weighted by molar-refractivity contribution is -0.158. The summed E-state index contributed by atoms with van der Waals surface area (Å²) in [6, 6.07) is 8.76. The fourth-order valence-corrected chi connectivity index (χ4v) is 2.04. The normalized spacial score (nSPS) is 20.1. The van der Waals surface area contributed by atoms with E-state index in [2.05, 4.69) is 6.58 Å². The Bertz CT molecular complexity index is 437. The maximum atomic E-state index is 10.4. The summed E-state index contributed by atoms with van der Waals surface area (Å²) < 4.78 is 0. The SMILES string of the molecule is C=CC(O)(Cc1ccccc1)[C@H](O)[C@@H](O)[C@H](O)[C@H](O)CO. The topological polar surface area (TPSA) is 121 Å². The van der Waals surface area contributed by atoms with E-state index in [4.69, 9.17) is 5.11 Å². The van der Waals surface area contributed by atoms with E-state index in [1.165, 1.54) is 0 Å². The van der Waals surface area contributed by atoms with Crippen LogP contribution >= 0.6 is 0 Å². The molecule has 6 heteroatoms. The Labute approximate surface area is 123 Å². The Morgan fingerprint density at radius 3 is 2.10 bits per heavy atom. The molecule has 0 saturated carbocycles. The van der Waals surface area contributed by atoms with Crippen LogP contribution < -0.4 is 0 Å². The van der Waals surface area contributed by atoms with Gasteiger partial charge in [0, 0.05) is 6.42 Å². The molecule has 1 aromatic rings. The van der Waals surface area contributed by atoms with Gasteiger partial charge in [0.15, 0.2) is 0 Å². The predicted molar refractivity (Wildman–Crippen MR) is 76.4 cm³/mol. The summed E-state index contributed by atoms with van der Waals surface area (Å²) >= 11 is 0. The zero-order chi connectivity index (χ0) is 16.0. The second-order valence-electron chi connectivity index (χ2n) is 5.03. The molecule has 0 fully saturated rings. The van der Waals surface area contributed by atoms with Crippen LogP contribution in [0.1, 0.15) is 5.56 Å². The lowest BCUT2D eigenvalue weighted by atomic mass is 9.84. The molecule has 1 aromatic carbocycles. The highest BCUT2D eigenvalue weighted by atomic mass is 16.4. The van der Waals surface area contributed by atoms with Crippen molar-refractivity contribution in [1.29, 1.82) is 0 Å². The van der Waals surface area contributed by atoms with Gasteiger partial charge in [-0.25, -0.2) is 0 Å². The van der Waals surface area contributed by atoms with Crippen molar-refractivity contribution in [3.63, 3.8) is 0 Å². The van der Waals surface area contributed by atoms with Gasteiger partial charge < -0.3 is 30.6 Å². The van der Waals surface area contributed by atoms with Crippen molar-refractivity contribution in [2.75, 3.05) is 6.61 Å². The second kappa shape index (κ2) is 7.65. The van der Waals surface area contributed by atoms with E-state index >= 15 is 0 Å². The van der Waals surface area contributed by atoms with E-state index in [9.17, 15) is 25.5 Å². The van der Waals surface area contributed by atoms with E-state index in [0.717, 1.165) is 6.08 Å². The summed E-state index contributed by atoms with van der Waals surface area (Å²) in [4.78, 5) is 0. The first-order valence-electron chi connectivity index (χ1n) is 6.58. The van der Waals surface area contributed by atoms with Gasteiger partial charge in [-0.1, -0.05) is 36.4 Å². The van der Waals surface area contributed by atoms with Crippen molar-refractivity contribution in [3.05, 3.63) is 48.6 Å². The van der Waals surface area contributed by atoms with Crippen LogP contribution in [0.3, 0.4) is 0 Å². The zero-order valence-corrected chi connectivity index (χ0v) is 11.6. The summed E-state index contributed by atoms with van der Waals surface area (Å²) in [7, 11) is 0.